The molecule has 1 heteroatoms. The van der Waals surface area contributed by atoms with E-state index in [1.807, 2.05) is 0 Å². The fourth-order valence-corrected chi connectivity index (χ4v) is 2.75. The number of nitrogens with one attached hydrogen (secondary N) is 1. The summed E-state index contributed by atoms with van der Waals surface area (Å²) in [6.07, 6.45) is 1.01. The number of aromatic amines is 1. The molecular weight excluding hydrogens is 254 g/mol. The first-order valence-electron chi connectivity index (χ1n) is 7.46. The van der Waals surface area contributed by atoms with E-state index in [0.717, 1.165) is 6.42 Å². The monoisotopic (exact) mass is 274 g/mol. The molecule has 1 aromatic heterocycles. The maximum atomic E-state index is 3.59. The highest BCUT2D eigenvalue weighted by molar-refractivity contribution is 5.72. The number of rotatable bonds is 3. The van der Waals surface area contributed by atoms with Crippen molar-refractivity contribution in [3.8, 4) is 22.4 Å². The number of aromatic nitrogens is 1. The topological polar surface area (TPSA) is 14.1 Å². The molecule has 0 atom stereocenters. The fraction of sp³-hybridized carbons (Fsp3) is 0.150. The summed E-state index contributed by atoms with van der Waals surface area (Å²) in [5, 5.41) is 0. The summed E-state index contributed by atoms with van der Waals surface area (Å²) >= 11 is 0. The molecule has 0 bridgehead atoms. The van der Waals surface area contributed by atoms with Gasteiger partial charge >= 0.3 is 0 Å². The van der Waals surface area contributed by atoms with Crippen LogP contribution in [0.4, 0.5) is 0 Å². The Morgan fingerprint density at radius 2 is 1.38 bits per heavy atom. The molecule has 2 aromatic carbocycles. The Morgan fingerprint density at radius 3 is 1.95 bits per heavy atom. The summed E-state index contributed by atoms with van der Waals surface area (Å²) < 4.78 is 0. The van der Waals surface area contributed by atoms with Crippen molar-refractivity contribution >= 4 is 0 Å². The molecule has 1 N–H and O–H groups in total. The second kappa shape index (κ2) is 5.92. The number of aryl methyl sites for hydroxylation is 1. The van der Waals surface area contributed by atoms with Crippen LogP contribution in [0.5, 0.6) is 0 Å². The average molecular weight is 274 g/mol. The smallest absolute Gasteiger partial charge is 0.208 e. The molecule has 104 valence electrons. The highest BCUT2D eigenvalue weighted by Crippen LogP contribution is 2.27. The van der Waals surface area contributed by atoms with Gasteiger partial charge in [0.25, 0.3) is 0 Å². The first-order chi connectivity index (χ1) is 10.3. The molecule has 0 saturated carbocycles. The summed E-state index contributed by atoms with van der Waals surface area (Å²) in [4.78, 5) is 3.59. The van der Waals surface area contributed by atoms with Crippen LogP contribution in [0.1, 0.15) is 18.2 Å². The Kier molecular flexibility index (Phi) is 3.83. The maximum absolute atomic E-state index is 3.59. The van der Waals surface area contributed by atoms with Gasteiger partial charge in [0.05, 0.1) is 0 Å². The van der Waals surface area contributed by atoms with E-state index in [9.17, 15) is 0 Å². The molecule has 0 spiro atoms. The number of pyridine rings is 1. The van der Waals surface area contributed by atoms with Gasteiger partial charge in [-0.2, -0.15) is 0 Å². The normalized spacial score (nSPS) is 10.6. The van der Waals surface area contributed by atoms with E-state index in [0.29, 0.717) is 0 Å². The summed E-state index contributed by atoms with van der Waals surface area (Å²) in [5.41, 5.74) is 7.63. The van der Waals surface area contributed by atoms with Crippen LogP contribution >= 0.6 is 0 Å². The average Bonchev–Trinajstić information content (AvgIpc) is 2.56. The van der Waals surface area contributed by atoms with Gasteiger partial charge in [-0.25, -0.2) is 4.98 Å². The minimum atomic E-state index is 1.01. The lowest BCUT2D eigenvalue weighted by molar-refractivity contribution is -0.377. The molecule has 0 radical (unpaired) electrons. The number of benzene rings is 2. The summed E-state index contributed by atoms with van der Waals surface area (Å²) in [6, 6.07) is 23.4. The molecule has 1 nitrogen and oxygen atoms in total. The number of hydrogen-bond donors (Lipinski definition) is 0. The molecule has 0 fully saturated rings. The number of H-pyrrole nitrogens is 1. The van der Waals surface area contributed by atoms with Crippen LogP contribution < -0.4 is 4.98 Å². The Hall–Kier alpha value is -2.41. The molecule has 0 aliphatic heterocycles. The third kappa shape index (κ3) is 2.73. The zero-order chi connectivity index (χ0) is 14.7. The van der Waals surface area contributed by atoms with Crippen molar-refractivity contribution in [2.24, 2.45) is 0 Å². The molecule has 3 aromatic rings. The van der Waals surface area contributed by atoms with Gasteiger partial charge in [-0.15, -0.1) is 0 Å². The van der Waals surface area contributed by atoms with Crippen LogP contribution in [0.3, 0.4) is 0 Å². The van der Waals surface area contributed by atoms with Crippen LogP contribution in [0.25, 0.3) is 22.4 Å². The molecule has 1 heterocycles. The van der Waals surface area contributed by atoms with E-state index in [1.165, 1.54) is 33.6 Å². The van der Waals surface area contributed by atoms with Crippen molar-refractivity contribution in [2.75, 3.05) is 0 Å². The quantitative estimate of drug-likeness (QED) is 0.657. The van der Waals surface area contributed by atoms with Gasteiger partial charge in [-0.05, 0) is 30.2 Å². The standard InChI is InChI=1S/C20H19N/c1-3-19-15(2)18(16-10-6-4-7-11-16)14-20(21-19)17-12-8-5-9-13-17/h4-14H,3H2,1-2H3/p+1. The Morgan fingerprint density at radius 1 is 0.810 bits per heavy atom. The van der Waals surface area contributed by atoms with E-state index in [1.54, 1.807) is 0 Å². The molecule has 3 rings (SSSR count). The lowest BCUT2D eigenvalue weighted by Gasteiger charge is -2.08. The lowest BCUT2D eigenvalue weighted by atomic mass is 9.96. The van der Waals surface area contributed by atoms with Crippen molar-refractivity contribution < 1.29 is 4.98 Å². The van der Waals surface area contributed by atoms with E-state index in [-0.39, 0.29) is 0 Å². The third-order valence-corrected chi connectivity index (χ3v) is 3.95. The Labute approximate surface area is 126 Å². The van der Waals surface area contributed by atoms with E-state index >= 15 is 0 Å². The van der Waals surface area contributed by atoms with Crippen molar-refractivity contribution in [1.82, 2.24) is 0 Å². The summed E-state index contributed by atoms with van der Waals surface area (Å²) in [7, 11) is 0. The van der Waals surface area contributed by atoms with Crippen LogP contribution in [0.2, 0.25) is 0 Å². The van der Waals surface area contributed by atoms with Crippen LogP contribution in [-0.4, -0.2) is 0 Å². The molecule has 0 amide bonds. The van der Waals surface area contributed by atoms with Crippen molar-refractivity contribution in [2.45, 2.75) is 20.3 Å². The zero-order valence-corrected chi connectivity index (χ0v) is 12.6. The number of hydrogen-bond acceptors (Lipinski definition) is 0. The van der Waals surface area contributed by atoms with Gasteiger partial charge in [0.15, 0.2) is 5.69 Å². The van der Waals surface area contributed by atoms with Gasteiger partial charge < -0.3 is 0 Å². The molecule has 21 heavy (non-hydrogen) atoms. The van der Waals surface area contributed by atoms with Crippen molar-refractivity contribution in [1.29, 1.82) is 0 Å². The van der Waals surface area contributed by atoms with Gasteiger partial charge in [0.1, 0.15) is 0 Å². The second-order valence-electron chi connectivity index (χ2n) is 5.29. The van der Waals surface area contributed by atoms with Gasteiger partial charge in [-0.1, -0.05) is 55.5 Å². The molecule has 0 unspecified atom stereocenters. The Bertz CT molecular complexity index is 731. The third-order valence-electron chi connectivity index (χ3n) is 3.95. The first-order valence-corrected chi connectivity index (χ1v) is 7.46. The van der Waals surface area contributed by atoms with E-state index in [2.05, 4.69) is 85.6 Å². The summed E-state index contributed by atoms with van der Waals surface area (Å²) in [6.45, 7) is 4.40. The van der Waals surface area contributed by atoms with Crippen molar-refractivity contribution in [3.63, 3.8) is 0 Å². The molecule has 0 aliphatic carbocycles. The van der Waals surface area contributed by atoms with Gasteiger partial charge in [0.2, 0.25) is 5.69 Å². The molecular formula is C20H20N+. The predicted molar refractivity (Wildman–Crippen MR) is 88.0 cm³/mol. The molecule has 0 aliphatic rings. The largest absolute Gasteiger partial charge is 0.211 e. The van der Waals surface area contributed by atoms with E-state index in [4.69, 9.17) is 0 Å². The van der Waals surface area contributed by atoms with Gasteiger partial charge in [0, 0.05) is 23.6 Å². The van der Waals surface area contributed by atoms with Crippen LogP contribution in [0, 0.1) is 6.92 Å². The minimum absolute atomic E-state index is 1.01. The zero-order valence-electron chi connectivity index (χ0n) is 12.6. The SMILES string of the molecule is CCc1[nH+]c(-c2ccccc2)cc(-c2ccccc2)c1C. The van der Waals surface area contributed by atoms with E-state index < -0.39 is 0 Å². The second-order valence-corrected chi connectivity index (χ2v) is 5.29. The molecule has 0 saturated heterocycles. The predicted octanol–water partition coefficient (Wildman–Crippen LogP) is 4.71. The maximum Gasteiger partial charge on any atom is 0.211 e. The van der Waals surface area contributed by atoms with Crippen LogP contribution in [-0.2, 0) is 6.42 Å². The highest BCUT2D eigenvalue weighted by Gasteiger charge is 2.16. The fourth-order valence-electron chi connectivity index (χ4n) is 2.75. The van der Waals surface area contributed by atoms with Crippen molar-refractivity contribution in [3.05, 3.63) is 78.0 Å². The summed E-state index contributed by atoms with van der Waals surface area (Å²) in [5.74, 6) is 0. The first kappa shape index (κ1) is 13.6. The highest BCUT2D eigenvalue weighted by atomic mass is 14.7. The van der Waals surface area contributed by atoms with Gasteiger partial charge in [-0.3, -0.25) is 0 Å². The van der Waals surface area contributed by atoms with Crippen LogP contribution in [0.15, 0.2) is 66.7 Å². The Balaban J connectivity index is 2.21. The lowest BCUT2D eigenvalue weighted by Crippen LogP contribution is -2.16. The minimum Gasteiger partial charge on any atom is -0.208 e.